The molecule has 0 aromatic rings. The Morgan fingerprint density at radius 3 is 2.24 bits per heavy atom. The number of carbonyl (C=O) groups excluding carboxylic acids is 1. The van der Waals surface area contributed by atoms with Gasteiger partial charge in [-0.1, -0.05) is 0 Å². The average molecular weight is 241 g/mol. The smallest absolute Gasteiger partial charge is 0.317 e. The molecule has 0 unspecified atom stereocenters. The number of carbonyl (C=O) groups is 1. The van der Waals surface area contributed by atoms with E-state index in [0.717, 1.165) is 38.4 Å². The van der Waals surface area contributed by atoms with Crippen LogP contribution in [0.25, 0.3) is 0 Å². The highest BCUT2D eigenvalue weighted by molar-refractivity contribution is 5.75. The van der Waals surface area contributed by atoms with Crippen LogP contribution in [0.5, 0.6) is 0 Å². The number of urea groups is 1. The minimum absolute atomic E-state index is 0.0841. The summed E-state index contributed by atoms with van der Waals surface area (Å²) < 4.78 is 0. The molecule has 4 heteroatoms. The van der Waals surface area contributed by atoms with E-state index in [4.69, 9.17) is 0 Å². The first-order valence-corrected chi connectivity index (χ1v) is 6.50. The molecule has 0 atom stereocenters. The summed E-state index contributed by atoms with van der Waals surface area (Å²) in [4.78, 5) is 16.1. The van der Waals surface area contributed by atoms with Crippen molar-refractivity contribution in [3.8, 4) is 0 Å². The Balaban J connectivity index is 2.34. The maximum atomic E-state index is 11.9. The third-order valence-electron chi connectivity index (χ3n) is 3.01. The van der Waals surface area contributed by atoms with E-state index in [-0.39, 0.29) is 11.6 Å². The van der Waals surface area contributed by atoms with Gasteiger partial charge in [-0.3, -0.25) is 0 Å². The number of piperidine rings is 1. The Hall–Kier alpha value is -0.770. The second-order valence-electron chi connectivity index (χ2n) is 6.37. The van der Waals surface area contributed by atoms with Crippen LogP contribution in [0.2, 0.25) is 0 Å². The molecule has 0 aliphatic carbocycles. The second-order valence-corrected chi connectivity index (χ2v) is 6.37. The van der Waals surface area contributed by atoms with E-state index in [1.807, 2.05) is 25.7 Å². The molecule has 0 bridgehead atoms. The molecule has 1 rings (SSSR count). The zero-order chi connectivity index (χ0) is 13.1. The molecule has 4 nitrogen and oxygen atoms in total. The maximum absolute atomic E-state index is 11.9. The number of amides is 2. The fraction of sp³-hybridized carbons (Fsp3) is 0.923. The molecule has 1 aliphatic heterocycles. The molecule has 100 valence electrons. The summed E-state index contributed by atoms with van der Waals surface area (Å²) in [6.07, 6.45) is 2.24. The van der Waals surface area contributed by atoms with Crippen LogP contribution in [0.3, 0.4) is 0 Å². The Kier molecular flexibility index (Phi) is 4.80. The third kappa shape index (κ3) is 5.39. The van der Waals surface area contributed by atoms with Gasteiger partial charge in [0.25, 0.3) is 0 Å². The highest BCUT2D eigenvalue weighted by Gasteiger charge is 2.25. The fourth-order valence-corrected chi connectivity index (χ4v) is 2.23. The van der Waals surface area contributed by atoms with E-state index in [9.17, 15) is 4.79 Å². The van der Waals surface area contributed by atoms with Gasteiger partial charge >= 0.3 is 6.03 Å². The molecule has 1 saturated heterocycles. The average Bonchev–Trinajstić information content (AvgIpc) is 2.15. The molecule has 17 heavy (non-hydrogen) atoms. The topological polar surface area (TPSA) is 35.6 Å². The Labute approximate surface area is 105 Å². The number of rotatable bonds is 2. The molecule has 0 spiro atoms. The maximum Gasteiger partial charge on any atom is 0.317 e. The Morgan fingerprint density at radius 1 is 1.29 bits per heavy atom. The summed E-state index contributed by atoms with van der Waals surface area (Å²) in [5.74, 6) is 0.740. The molecular weight excluding hydrogens is 214 g/mol. The third-order valence-corrected chi connectivity index (χ3v) is 3.01. The zero-order valence-corrected chi connectivity index (χ0v) is 11.9. The molecule has 0 aromatic carbocycles. The normalized spacial score (nSPS) is 18.6. The first-order valence-electron chi connectivity index (χ1n) is 6.50. The van der Waals surface area contributed by atoms with E-state index in [1.54, 1.807) is 0 Å². The molecular formula is C13H27N3O. The van der Waals surface area contributed by atoms with Crippen molar-refractivity contribution in [2.45, 2.75) is 39.2 Å². The van der Waals surface area contributed by atoms with Gasteiger partial charge in [0.15, 0.2) is 0 Å². The molecule has 1 aliphatic rings. The van der Waals surface area contributed by atoms with Crippen molar-refractivity contribution in [1.29, 1.82) is 0 Å². The van der Waals surface area contributed by atoms with E-state index in [2.05, 4.69) is 24.3 Å². The lowest BCUT2D eigenvalue weighted by Gasteiger charge is -2.35. The lowest BCUT2D eigenvalue weighted by atomic mass is 9.96. The molecule has 1 fully saturated rings. The summed E-state index contributed by atoms with van der Waals surface area (Å²) in [5, 5.41) is 3.02. The molecule has 0 saturated carbocycles. The lowest BCUT2D eigenvalue weighted by molar-refractivity contribution is 0.153. The van der Waals surface area contributed by atoms with Gasteiger partial charge in [0, 0.05) is 25.2 Å². The standard InChI is InChI=1S/C13H27N3O/c1-13(2,3)14-12(17)16-8-6-11(7-9-16)10-15(4)5/h11H,6-10H2,1-5H3,(H,14,17). The van der Waals surface area contributed by atoms with Crippen molar-refractivity contribution in [2.24, 2.45) is 5.92 Å². The molecule has 1 heterocycles. The van der Waals surface area contributed by atoms with Gasteiger partial charge < -0.3 is 15.1 Å². The van der Waals surface area contributed by atoms with Crippen molar-refractivity contribution in [2.75, 3.05) is 33.7 Å². The van der Waals surface area contributed by atoms with Crippen LogP contribution in [0, 0.1) is 5.92 Å². The number of hydrogen-bond donors (Lipinski definition) is 1. The van der Waals surface area contributed by atoms with E-state index in [1.165, 1.54) is 0 Å². The number of hydrogen-bond acceptors (Lipinski definition) is 2. The van der Waals surface area contributed by atoms with Crippen LogP contribution >= 0.6 is 0 Å². The summed E-state index contributed by atoms with van der Waals surface area (Å²) in [7, 11) is 4.22. The van der Waals surface area contributed by atoms with Gasteiger partial charge in [-0.2, -0.15) is 0 Å². The Bertz CT molecular complexity index is 250. The SMILES string of the molecule is CN(C)CC1CCN(C(=O)NC(C)(C)C)CC1. The fourth-order valence-electron chi connectivity index (χ4n) is 2.23. The van der Waals surface area contributed by atoms with E-state index in [0.29, 0.717) is 0 Å². The first kappa shape index (κ1) is 14.3. The summed E-state index contributed by atoms with van der Waals surface area (Å²) in [5.41, 5.74) is -0.141. The van der Waals surface area contributed by atoms with Crippen LogP contribution in [-0.4, -0.2) is 55.1 Å². The lowest BCUT2D eigenvalue weighted by Crippen LogP contribution is -2.51. The van der Waals surface area contributed by atoms with Gasteiger partial charge in [0.05, 0.1) is 0 Å². The summed E-state index contributed by atoms with van der Waals surface area (Å²) >= 11 is 0. The van der Waals surface area contributed by atoms with Crippen molar-refractivity contribution in [3.63, 3.8) is 0 Å². The van der Waals surface area contributed by atoms with E-state index >= 15 is 0 Å². The van der Waals surface area contributed by atoms with Crippen molar-refractivity contribution >= 4 is 6.03 Å². The number of nitrogens with zero attached hydrogens (tertiary/aromatic N) is 2. The molecule has 1 N–H and O–H groups in total. The highest BCUT2D eigenvalue weighted by Crippen LogP contribution is 2.18. The van der Waals surface area contributed by atoms with Gasteiger partial charge in [-0.05, 0) is 53.6 Å². The van der Waals surface area contributed by atoms with Crippen molar-refractivity contribution in [1.82, 2.24) is 15.1 Å². The van der Waals surface area contributed by atoms with E-state index < -0.39 is 0 Å². The van der Waals surface area contributed by atoms with Gasteiger partial charge in [0.2, 0.25) is 0 Å². The monoisotopic (exact) mass is 241 g/mol. The van der Waals surface area contributed by atoms with Crippen molar-refractivity contribution < 1.29 is 4.79 Å². The zero-order valence-electron chi connectivity index (χ0n) is 11.9. The largest absolute Gasteiger partial charge is 0.333 e. The predicted octanol–water partition coefficient (Wildman–Crippen LogP) is 1.77. The second kappa shape index (κ2) is 5.71. The summed E-state index contributed by atoms with van der Waals surface area (Å²) in [6.45, 7) is 8.96. The number of nitrogens with one attached hydrogen (secondary N) is 1. The minimum atomic E-state index is -0.141. The predicted molar refractivity (Wildman–Crippen MR) is 71.1 cm³/mol. The molecule has 0 radical (unpaired) electrons. The molecule has 2 amide bonds. The van der Waals surface area contributed by atoms with Gasteiger partial charge in [0.1, 0.15) is 0 Å². The Morgan fingerprint density at radius 2 is 1.82 bits per heavy atom. The van der Waals surface area contributed by atoms with Crippen LogP contribution in [-0.2, 0) is 0 Å². The van der Waals surface area contributed by atoms with Crippen LogP contribution < -0.4 is 5.32 Å². The number of likely N-dealkylation sites (tertiary alicyclic amines) is 1. The highest BCUT2D eigenvalue weighted by atomic mass is 16.2. The van der Waals surface area contributed by atoms with Crippen LogP contribution in [0.4, 0.5) is 4.79 Å². The quantitative estimate of drug-likeness (QED) is 0.800. The molecule has 0 aromatic heterocycles. The van der Waals surface area contributed by atoms with Gasteiger partial charge in [-0.25, -0.2) is 4.79 Å². The van der Waals surface area contributed by atoms with Gasteiger partial charge in [-0.15, -0.1) is 0 Å². The van der Waals surface area contributed by atoms with Crippen LogP contribution in [0.15, 0.2) is 0 Å². The van der Waals surface area contributed by atoms with Crippen molar-refractivity contribution in [3.05, 3.63) is 0 Å². The van der Waals surface area contributed by atoms with Crippen LogP contribution in [0.1, 0.15) is 33.6 Å². The minimum Gasteiger partial charge on any atom is -0.333 e. The first-order chi connectivity index (χ1) is 7.78. The summed E-state index contributed by atoms with van der Waals surface area (Å²) in [6, 6.07) is 0.0841.